The summed E-state index contributed by atoms with van der Waals surface area (Å²) in [6.07, 6.45) is 3.65. The fraction of sp³-hybridized carbons (Fsp3) is 0.167. The number of ketones is 1. The quantitative estimate of drug-likeness (QED) is 0.166. The van der Waals surface area contributed by atoms with E-state index in [2.05, 4.69) is 15.9 Å². The average molecular weight is 619 g/mol. The highest BCUT2D eigenvalue weighted by atomic mass is 79.9. The third-order valence-corrected chi connectivity index (χ3v) is 8.06. The Bertz CT molecular complexity index is 1690. The summed E-state index contributed by atoms with van der Waals surface area (Å²) in [6, 6.07) is 18.4. The molecule has 8 nitrogen and oxygen atoms in total. The number of amides is 2. The molecule has 0 atom stereocenters. The maximum absolute atomic E-state index is 13.2. The van der Waals surface area contributed by atoms with Crippen LogP contribution in [0.25, 0.3) is 17.0 Å². The van der Waals surface area contributed by atoms with E-state index in [9.17, 15) is 14.4 Å². The van der Waals surface area contributed by atoms with Crippen molar-refractivity contribution >= 4 is 61.6 Å². The topological polar surface area (TPSA) is 87.1 Å². The van der Waals surface area contributed by atoms with Crippen molar-refractivity contribution in [3.05, 3.63) is 92.9 Å². The number of hydrogen-bond donors (Lipinski definition) is 0. The summed E-state index contributed by atoms with van der Waals surface area (Å²) in [7, 11) is 0. The van der Waals surface area contributed by atoms with E-state index in [0.717, 1.165) is 43.2 Å². The van der Waals surface area contributed by atoms with Crippen molar-refractivity contribution in [3.63, 3.8) is 0 Å². The lowest BCUT2D eigenvalue weighted by molar-refractivity contribution is -0.122. The Kier molecular flexibility index (Phi) is 7.12. The van der Waals surface area contributed by atoms with Gasteiger partial charge >= 0.3 is 0 Å². The monoisotopic (exact) mass is 618 g/mol. The van der Waals surface area contributed by atoms with E-state index in [1.54, 1.807) is 24.3 Å². The molecular weight excluding hydrogens is 596 g/mol. The van der Waals surface area contributed by atoms with Crippen molar-refractivity contribution in [2.45, 2.75) is 13.5 Å². The number of halogens is 1. The zero-order valence-electron chi connectivity index (χ0n) is 21.4. The molecule has 1 fully saturated rings. The van der Waals surface area contributed by atoms with Gasteiger partial charge in [-0.2, -0.15) is 0 Å². The van der Waals surface area contributed by atoms with Crippen molar-refractivity contribution in [2.24, 2.45) is 0 Å². The molecular formula is C30H23BrN2O6S. The third kappa shape index (κ3) is 5.24. The van der Waals surface area contributed by atoms with Crippen LogP contribution in [0.5, 0.6) is 17.2 Å². The fourth-order valence-electron chi connectivity index (χ4n) is 4.58. The highest BCUT2D eigenvalue weighted by Crippen LogP contribution is 2.36. The Hall–Kier alpha value is -4.02. The van der Waals surface area contributed by atoms with Crippen LogP contribution in [0, 0.1) is 6.92 Å². The molecule has 1 saturated heterocycles. The number of ether oxygens (including phenoxy) is 3. The van der Waals surface area contributed by atoms with E-state index in [-0.39, 0.29) is 24.0 Å². The molecule has 2 aliphatic heterocycles. The molecule has 0 spiro atoms. The molecule has 3 aromatic carbocycles. The smallest absolute Gasteiger partial charge is 0.293 e. The molecule has 1 aromatic heterocycles. The lowest BCUT2D eigenvalue weighted by Gasteiger charge is -2.11. The van der Waals surface area contributed by atoms with Crippen LogP contribution in [-0.2, 0) is 11.3 Å². The number of nitrogens with zero attached hydrogens (tertiary/aromatic N) is 2. The number of benzene rings is 3. The summed E-state index contributed by atoms with van der Waals surface area (Å²) in [6.45, 7) is 2.78. The van der Waals surface area contributed by atoms with Gasteiger partial charge in [0.05, 0.1) is 18.0 Å². The second-order valence-corrected chi connectivity index (χ2v) is 11.3. The van der Waals surface area contributed by atoms with Crippen LogP contribution < -0.4 is 14.2 Å². The number of aromatic nitrogens is 1. The van der Waals surface area contributed by atoms with Crippen LogP contribution in [-0.4, -0.2) is 46.3 Å². The van der Waals surface area contributed by atoms with Gasteiger partial charge in [-0.25, -0.2) is 0 Å². The van der Waals surface area contributed by atoms with Gasteiger partial charge in [0, 0.05) is 38.8 Å². The van der Waals surface area contributed by atoms with Crippen molar-refractivity contribution < 1.29 is 28.6 Å². The van der Waals surface area contributed by atoms with Gasteiger partial charge in [0.2, 0.25) is 6.79 Å². The minimum Gasteiger partial charge on any atom is -0.492 e. The molecule has 2 amide bonds. The van der Waals surface area contributed by atoms with Crippen LogP contribution in [0.4, 0.5) is 4.79 Å². The van der Waals surface area contributed by atoms with Crippen LogP contribution in [0.15, 0.2) is 76.2 Å². The Morgan fingerprint density at radius 3 is 2.67 bits per heavy atom. The number of imide groups is 1. The van der Waals surface area contributed by atoms with Crippen molar-refractivity contribution in [2.75, 3.05) is 19.9 Å². The van der Waals surface area contributed by atoms with Gasteiger partial charge in [0.1, 0.15) is 12.4 Å². The minimum absolute atomic E-state index is 0.204. The van der Waals surface area contributed by atoms with Crippen LogP contribution in [0.1, 0.15) is 21.5 Å². The minimum atomic E-state index is -0.475. The molecule has 6 rings (SSSR count). The van der Waals surface area contributed by atoms with Gasteiger partial charge in [-0.1, -0.05) is 45.8 Å². The molecule has 3 heterocycles. The molecule has 0 bridgehead atoms. The molecule has 40 heavy (non-hydrogen) atoms. The lowest BCUT2D eigenvalue weighted by atomic mass is 10.1. The number of fused-ring (bicyclic) bond motifs is 2. The maximum atomic E-state index is 13.2. The molecule has 10 heteroatoms. The number of carbonyl (C=O) groups excluding carboxylic acids is 3. The van der Waals surface area contributed by atoms with Crippen LogP contribution in [0.3, 0.4) is 0 Å². The number of aryl methyl sites for hydroxylation is 1. The largest absolute Gasteiger partial charge is 0.492 e. The summed E-state index contributed by atoms with van der Waals surface area (Å²) < 4.78 is 19.7. The standard InChI is InChI=1S/C30H23BrN2O6S/c1-18-2-4-19(5-3-18)25(34)16-33-29(35)28(40-30(33)36)12-20-15-32(24-8-6-21(31)13-23(20)24)10-11-37-22-7-9-26-27(14-22)39-17-38-26/h2-9,12-15H,10-11,16-17H2,1H3/b28-12-. The van der Waals surface area contributed by atoms with E-state index in [4.69, 9.17) is 14.2 Å². The first-order valence-electron chi connectivity index (χ1n) is 12.5. The summed E-state index contributed by atoms with van der Waals surface area (Å²) in [4.78, 5) is 39.9. The SMILES string of the molecule is Cc1ccc(C(=O)CN2C(=O)S/C(=C\c3cn(CCOc4ccc5c(c4)OCO5)c4ccc(Br)cc34)C2=O)cc1. The van der Waals surface area contributed by atoms with Crippen LogP contribution in [0.2, 0.25) is 0 Å². The Morgan fingerprint density at radius 1 is 1.05 bits per heavy atom. The number of Topliss-reactive ketones (excluding diaryl/α,β-unsaturated/α-hetero) is 1. The predicted molar refractivity (Wildman–Crippen MR) is 156 cm³/mol. The molecule has 0 unspecified atom stereocenters. The Balaban J connectivity index is 1.20. The number of carbonyl (C=O) groups is 3. The van der Waals surface area contributed by atoms with Crippen molar-refractivity contribution in [3.8, 4) is 17.2 Å². The van der Waals surface area contributed by atoms with Crippen LogP contribution >= 0.6 is 27.7 Å². The van der Waals surface area contributed by atoms with Crippen molar-refractivity contribution in [1.82, 2.24) is 9.47 Å². The first-order chi connectivity index (χ1) is 19.4. The van der Waals surface area contributed by atoms with E-state index in [0.29, 0.717) is 36.0 Å². The highest BCUT2D eigenvalue weighted by molar-refractivity contribution is 9.10. The molecule has 0 N–H and O–H groups in total. The van der Waals surface area contributed by atoms with Gasteiger partial charge < -0.3 is 18.8 Å². The average Bonchev–Trinajstić information content (AvgIpc) is 3.61. The van der Waals surface area contributed by atoms with Gasteiger partial charge in [-0.3, -0.25) is 19.3 Å². The van der Waals surface area contributed by atoms with Gasteiger partial charge in [0.25, 0.3) is 11.1 Å². The van der Waals surface area contributed by atoms with E-state index >= 15 is 0 Å². The second kappa shape index (κ2) is 10.9. The molecule has 4 aromatic rings. The predicted octanol–water partition coefficient (Wildman–Crippen LogP) is 6.44. The zero-order chi connectivity index (χ0) is 27.8. The zero-order valence-corrected chi connectivity index (χ0v) is 23.8. The Morgan fingerprint density at radius 2 is 1.85 bits per heavy atom. The summed E-state index contributed by atoms with van der Waals surface area (Å²) in [5, 5.41) is 0.457. The fourth-order valence-corrected chi connectivity index (χ4v) is 5.77. The number of rotatable bonds is 8. The molecule has 0 aliphatic carbocycles. The first kappa shape index (κ1) is 26.2. The number of thioether (sulfide) groups is 1. The van der Waals surface area contributed by atoms with Gasteiger partial charge in [-0.15, -0.1) is 0 Å². The maximum Gasteiger partial charge on any atom is 0.293 e. The highest BCUT2D eigenvalue weighted by Gasteiger charge is 2.36. The summed E-state index contributed by atoms with van der Waals surface area (Å²) in [5.41, 5.74) is 3.23. The molecule has 202 valence electrons. The Labute approximate surface area is 242 Å². The van der Waals surface area contributed by atoms with Crippen molar-refractivity contribution in [1.29, 1.82) is 0 Å². The van der Waals surface area contributed by atoms with E-state index < -0.39 is 11.1 Å². The summed E-state index contributed by atoms with van der Waals surface area (Å²) in [5.74, 6) is 1.27. The molecule has 0 radical (unpaired) electrons. The normalized spacial score (nSPS) is 15.4. The molecule has 0 saturated carbocycles. The first-order valence-corrected chi connectivity index (χ1v) is 14.1. The number of hydrogen-bond acceptors (Lipinski definition) is 7. The van der Waals surface area contributed by atoms with E-state index in [1.165, 1.54) is 0 Å². The third-order valence-electron chi connectivity index (χ3n) is 6.65. The lowest BCUT2D eigenvalue weighted by Crippen LogP contribution is -2.33. The van der Waals surface area contributed by atoms with Gasteiger partial charge in [0.15, 0.2) is 17.3 Å². The van der Waals surface area contributed by atoms with E-state index in [1.807, 2.05) is 60.2 Å². The second-order valence-electron chi connectivity index (χ2n) is 9.36. The van der Waals surface area contributed by atoms with Gasteiger partial charge in [-0.05, 0) is 55.1 Å². The summed E-state index contributed by atoms with van der Waals surface area (Å²) >= 11 is 4.37. The molecule has 2 aliphatic rings.